The smallest absolute Gasteiger partial charge is 0.321 e. The van der Waals surface area contributed by atoms with Gasteiger partial charge in [-0.3, -0.25) is 0 Å². The highest BCUT2D eigenvalue weighted by molar-refractivity contribution is 6.73. The molecule has 0 saturated heterocycles. The highest BCUT2D eigenvalue weighted by Gasteiger charge is 1.96. The summed E-state index contributed by atoms with van der Waals surface area (Å²) in [6.07, 6.45) is 0.764. The second-order valence-electron chi connectivity index (χ2n) is 1.64. The van der Waals surface area contributed by atoms with Crippen molar-refractivity contribution in [2.24, 2.45) is 0 Å². The Morgan fingerprint density at radius 1 is 1.57 bits per heavy atom. The van der Waals surface area contributed by atoms with Gasteiger partial charge in [0.15, 0.2) is 0 Å². The van der Waals surface area contributed by atoms with E-state index < -0.39 is 0 Å². The van der Waals surface area contributed by atoms with Crippen molar-refractivity contribution in [2.75, 3.05) is 0 Å². The third kappa shape index (κ3) is 4.05. The zero-order valence-electron chi connectivity index (χ0n) is 5.03. The first kappa shape index (κ1) is 7.20. The molecule has 0 aliphatic carbocycles. The number of rotatable bonds is 3. The lowest BCUT2D eigenvalue weighted by atomic mass is 10.6. The van der Waals surface area contributed by atoms with Crippen LogP contribution in [0.5, 0.6) is 0 Å². The maximum Gasteiger partial charge on any atom is 0.342 e. The molecule has 0 spiro atoms. The molecule has 0 amide bonds. The van der Waals surface area contributed by atoms with Crippen molar-refractivity contribution in [3.8, 4) is 0 Å². The highest BCUT2D eigenvalue weighted by Crippen LogP contribution is 1.80. The van der Waals surface area contributed by atoms with Crippen LogP contribution in [0, 0.1) is 0 Å². The molecule has 0 aromatic heterocycles. The Kier molecular flexibility index (Phi) is 4.49. The second kappa shape index (κ2) is 4.36. The molecule has 0 rings (SSSR count). The summed E-state index contributed by atoms with van der Waals surface area (Å²) in [5.74, 6) is 0. The van der Waals surface area contributed by atoms with Crippen LogP contribution in [0.1, 0.15) is 20.3 Å². The summed E-state index contributed by atoms with van der Waals surface area (Å²) >= 11 is -0.293. The van der Waals surface area contributed by atoms with E-state index in [1.165, 1.54) is 0 Å². The van der Waals surface area contributed by atoms with Crippen molar-refractivity contribution >= 4 is 19.9 Å². The monoisotopic (exact) mass is 114 g/mol. The van der Waals surface area contributed by atoms with Crippen LogP contribution in [0.15, 0.2) is 0 Å². The maximum absolute atomic E-state index is 10.5. The van der Waals surface area contributed by atoms with Gasteiger partial charge in [0.25, 0.3) is 0 Å². The summed E-state index contributed by atoms with van der Waals surface area (Å²) in [4.78, 5) is 10.5. The highest BCUT2D eigenvalue weighted by atomic mass is 27.1. The normalized spacial score (nSPS) is 8.29. The molecule has 0 aromatic carbocycles. The second-order valence-corrected chi connectivity index (χ2v) is 3.93. The SMILES string of the molecule is C[CH2][AlH][C](=O)CC. The average molecular weight is 114 g/mol. The molecular weight excluding hydrogens is 103 g/mol. The van der Waals surface area contributed by atoms with Crippen LogP contribution in [-0.2, 0) is 4.79 Å². The summed E-state index contributed by atoms with van der Waals surface area (Å²) in [6.45, 7) is 4.02. The quantitative estimate of drug-likeness (QED) is 0.496. The minimum atomic E-state index is -0.293. The van der Waals surface area contributed by atoms with E-state index in [1.807, 2.05) is 6.92 Å². The number of carbonyl (C=O) groups excluding carboxylic acids is 1. The summed E-state index contributed by atoms with van der Waals surface area (Å²) in [5.41, 5.74) is 0. The van der Waals surface area contributed by atoms with Crippen LogP contribution in [-0.4, -0.2) is 19.9 Å². The predicted molar refractivity (Wildman–Crippen MR) is 32.9 cm³/mol. The van der Waals surface area contributed by atoms with E-state index in [0.717, 1.165) is 11.7 Å². The maximum atomic E-state index is 10.5. The van der Waals surface area contributed by atoms with E-state index in [1.54, 1.807) is 0 Å². The van der Waals surface area contributed by atoms with Gasteiger partial charge in [0.1, 0.15) is 0 Å². The summed E-state index contributed by atoms with van der Waals surface area (Å²) in [5, 5.41) is 1.13. The van der Waals surface area contributed by atoms with Crippen LogP contribution in [0.3, 0.4) is 0 Å². The van der Waals surface area contributed by atoms with Gasteiger partial charge in [-0.1, -0.05) is 19.1 Å². The third-order valence-corrected chi connectivity index (χ3v) is 2.48. The van der Waals surface area contributed by atoms with Crippen LogP contribution in [0.25, 0.3) is 0 Å². The zero-order valence-corrected chi connectivity index (χ0v) is 6.44. The Morgan fingerprint density at radius 2 is 2.14 bits per heavy atom. The standard InChI is InChI=1S/C3H5O.C2H5.Al.H/c1-2-3-4;1-2;;/h2H2,1H3;1H2,2H3;;. The Labute approximate surface area is 50.8 Å². The van der Waals surface area contributed by atoms with E-state index >= 15 is 0 Å². The first-order chi connectivity index (χ1) is 3.31. The minimum Gasteiger partial charge on any atom is -0.321 e. The molecule has 0 radical (unpaired) electrons. The van der Waals surface area contributed by atoms with Gasteiger partial charge in [0, 0.05) is 4.65 Å². The van der Waals surface area contributed by atoms with E-state index in [9.17, 15) is 4.79 Å². The fourth-order valence-electron chi connectivity index (χ4n) is 0.456. The molecule has 40 valence electrons. The van der Waals surface area contributed by atoms with E-state index in [4.69, 9.17) is 0 Å². The van der Waals surface area contributed by atoms with Gasteiger partial charge in [-0.05, 0) is 6.42 Å². The molecule has 0 heterocycles. The lowest BCUT2D eigenvalue weighted by Crippen LogP contribution is -2.04. The van der Waals surface area contributed by atoms with Gasteiger partial charge >= 0.3 is 15.2 Å². The molecule has 0 unspecified atom stereocenters. The first-order valence-electron chi connectivity index (χ1n) is 2.83. The predicted octanol–water partition coefficient (Wildman–Crippen LogP) is 0.798. The molecule has 0 aliphatic heterocycles. The van der Waals surface area contributed by atoms with Crippen molar-refractivity contribution in [3.05, 3.63) is 0 Å². The summed E-state index contributed by atoms with van der Waals surface area (Å²) in [7, 11) is 0. The molecule has 0 fully saturated rings. The molecule has 0 saturated carbocycles. The van der Waals surface area contributed by atoms with E-state index in [-0.39, 0.29) is 15.2 Å². The largest absolute Gasteiger partial charge is 0.342 e. The molecule has 0 aliphatic rings. The molecule has 1 nitrogen and oxygen atoms in total. The average Bonchev–Trinajstić information content (AvgIpc) is 1.68. The van der Waals surface area contributed by atoms with Crippen molar-refractivity contribution < 1.29 is 4.79 Å². The van der Waals surface area contributed by atoms with Crippen molar-refractivity contribution in [3.63, 3.8) is 0 Å². The Balaban J connectivity index is 3.00. The first-order valence-corrected chi connectivity index (χ1v) is 4.53. The lowest BCUT2D eigenvalue weighted by Gasteiger charge is -1.83. The third-order valence-electron chi connectivity index (χ3n) is 0.923. The van der Waals surface area contributed by atoms with Crippen LogP contribution < -0.4 is 0 Å². The number of hydrogen-bond acceptors (Lipinski definition) is 1. The molecule has 7 heavy (non-hydrogen) atoms. The lowest BCUT2D eigenvalue weighted by molar-refractivity contribution is -0.111. The molecule has 0 N–H and O–H groups in total. The van der Waals surface area contributed by atoms with Crippen molar-refractivity contribution in [1.82, 2.24) is 0 Å². The Hall–Kier alpha value is 0.202. The topological polar surface area (TPSA) is 17.1 Å². The zero-order chi connectivity index (χ0) is 5.70. The van der Waals surface area contributed by atoms with Gasteiger partial charge in [0.2, 0.25) is 0 Å². The van der Waals surface area contributed by atoms with Crippen molar-refractivity contribution in [2.45, 2.75) is 25.6 Å². The number of carbonyl (C=O) groups is 1. The minimum absolute atomic E-state index is 0.293. The molecular formula is C5H11AlO. The van der Waals surface area contributed by atoms with Crippen LogP contribution >= 0.6 is 0 Å². The van der Waals surface area contributed by atoms with Gasteiger partial charge in [-0.25, -0.2) is 0 Å². The van der Waals surface area contributed by atoms with Crippen LogP contribution in [0.2, 0.25) is 5.28 Å². The van der Waals surface area contributed by atoms with Crippen LogP contribution in [0.4, 0.5) is 0 Å². The van der Waals surface area contributed by atoms with E-state index in [2.05, 4.69) is 6.92 Å². The number of hydrogen-bond donors (Lipinski definition) is 0. The molecule has 0 bridgehead atoms. The Morgan fingerprint density at radius 3 is 2.29 bits per heavy atom. The van der Waals surface area contributed by atoms with Gasteiger partial charge in [0.05, 0.1) is 0 Å². The summed E-state index contributed by atoms with van der Waals surface area (Å²) < 4.78 is 0.516. The van der Waals surface area contributed by atoms with Gasteiger partial charge in [-0.2, -0.15) is 0 Å². The summed E-state index contributed by atoms with van der Waals surface area (Å²) in [6, 6.07) is 0. The fraction of sp³-hybridized carbons (Fsp3) is 0.800. The van der Waals surface area contributed by atoms with E-state index in [0.29, 0.717) is 4.65 Å². The van der Waals surface area contributed by atoms with Gasteiger partial charge < -0.3 is 4.79 Å². The van der Waals surface area contributed by atoms with Crippen molar-refractivity contribution in [1.29, 1.82) is 0 Å². The fourth-order valence-corrected chi connectivity index (χ4v) is 1.37. The molecule has 2 heteroatoms. The molecule has 0 atom stereocenters. The molecule has 0 aromatic rings. The Bertz CT molecular complexity index is 61.1. The van der Waals surface area contributed by atoms with Gasteiger partial charge in [-0.15, -0.1) is 0 Å².